The molecule has 4 rings (SSSR count). The maximum Gasteiger partial charge on any atom is 0.322 e. The summed E-state index contributed by atoms with van der Waals surface area (Å²) < 4.78 is 13.9. The Labute approximate surface area is 175 Å². The molecule has 0 aromatic heterocycles. The molecule has 1 N–H and O–H groups in total. The van der Waals surface area contributed by atoms with Gasteiger partial charge in [0, 0.05) is 50.8 Å². The number of amides is 2. The van der Waals surface area contributed by atoms with Crippen LogP contribution in [0.1, 0.15) is 5.56 Å². The van der Waals surface area contributed by atoms with E-state index in [1.807, 2.05) is 24.3 Å². The van der Waals surface area contributed by atoms with Gasteiger partial charge in [-0.3, -0.25) is 9.80 Å². The Hall–Kier alpha value is -2.57. The molecule has 2 saturated heterocycles. The zero-order valence-corrected chi connectivity index (χ0v) is 16.9. The zero-order chi connectivity index (χ0) is 20.2. The Kier molecular flexibility index (Phi) is 6.02. The molecule has 29 heavy (non-hydrogen) atoms. The van der Waals surface area contributed by atoms with Gasteiger partial charge < -0.3 is 10.2 Å². The van der Waals surface area contributed by atoms with Gasteiger partial charge in [-0.15, -0.1) is 0 Å². The number of urea groups is 1. The van der Waals surface area contributed by atoms with Crippen LogP contribution in [0.3, 0.4) is 0 Å². The summed E-state index contributed by atoms with van der Waals surface area (Å²) in [5, 5.41) is 3.55. The van der Waals surface area contributed by atoms with Crippen LogP contribution >= 0.6 is 11.6 Å². The largest absolute Gasteiger partial charge is 0.367 e. The standard InChI is InChI=1S/C22H24ClFN4O/c23-18-5-3-17(4-6-18)2-1-10-26-12-14-27(15-13-26)21-16-19(24)7-8-20(21)28-11-9-25-22(28)29/h1-8,16H,9-15H2,(H,25,29). The van der Waals surface area contributed by atoms with E-state index in [0.717, 1.165) is 54.7 Å². The Morgan fingerprint density at radius 3 is 2.45 bits per heavy atom. The first kappa shape index (κ1) is 19.7. The molecular formula is C22H24ClFN4O. The van der Waals surface area contributed by atoms with Gasteiger partial charge in [0.05, 0.1) is 11.4 Å². The number of nitrogens with zero attached hydrogens (tertiary/aromatic N) is 3. The van der Waals surface area contributed by atoms with Crippen LogP contribution in [0.25, 0.3) is 6.08 Å². The normalized spacial score (nSPS) is 17.9. The van der Waals surface area contributed by atoms with Crippen LogP contribution in [0.5, 0.6) is 0 Å². The molecule has 0 unspecified atom stereocenters. The number of nitrogens with one attached hydrogen (secondary N) is 1. The molecule has 7 heteroatoms. The van der Waals surface area contributed by atoms with E-state index < -0.39 is 0 Å². The highest BCUT2D eigenvalue weighted by Crippen LogP contribution is 2.32. The van der Waals surface area contributed by atoms with Crippen molar-refractivity contribution in [2.45, 2.75) is 0 Å². The van der Waals surface area contributed by atoms with Gasteiger partial charge in [0.25, 0.3) is 0 Å². The van der Waals surface area contributed by atoms with Crippen LogP contribution in [0.2, 0.25) is 5.02 Å². The minimum absolute atomic E-state index is 0.121. The Balaban J connectivity index is 1.38. The lowest BCUT2D eigenvalue weighted by Gasteiger charge is -2.37. The lowest BCUT2D eigenvalue weighted by atomic mass is 10.2. The Morgan fingerprint density at radius 1 is 1.00 bits per heavy atom. The summed E-state index contributed by atoms with van der Waals surface area (Å²) >= 11 is 5.92. The van der Waals surface area contributed by atoms with Gasteiger partial charge in [0.15, 0.2) is 0 Å². The number of hydrogen-bond acceptors (Lipinski definition) is 3. The summed E-state index contributed by atoms with van der Waals surface area (Å²) in [5.41, 5.74) is 2.69. The number of anilines is 2. The van der Waals surface area contributed by atoms with E-state index in [2.05, 4.69) is 27.3 Å². The van der Waals surface area contributed by atoms with Crippen molar-refractivity contribution in [2.24, 2.45) is 0 Å². The smallest absolute Gasteiger partial charge is 0.322 e. The van der Waals surface area contributed by atoms with Gasteiger partial charge in [-0.1, -0.05) is 35.9 Å². The third-order valence-electron chi connectivity index (χ3n) is 5.34. The zero-order valence-electron chi connectivity index (χ0n) is 16.2. The molecule has 0 saturated carbocycles. The van der Waals surface area contributed by atoms with E-state index in [0.29, 0.717) is 13.1 Å². The monoisotopic (exact) mass is 414 g/mol. The molecule has 2 amide bonds. The Morgan fingerprint density at radius 2 is 1.76 bits per heavy atom. The highest BCUT2D eigenvalue weighted by Gasteiger charge is 2.27. The van der Waals surface area contributed by atoms with E-state index >= 15 is 0 Å². The molecule has 2 aromatic rings. The molecule has 152 valence electrons. The third-order valence-corrected chi connectivity index (χ3v) is 5.59. The lowest BCUT2D eigenvalue weighted by Crippen LogP contribution is -2.47. The summed E-state index contributed by atoms with van der Waals surface area (Å²) in [6.07, 6.45) is 4.25. The quantitative estimate of drug-likeness (QED) is 0.807. The van der Waals surface area contributed by atoms with Gasteiger partial charge in [0.1, 0.15) is 5.82 Å². The maximum atomic E-state index is 13.9. The average Bonchev–Trinajstić information content (AvgIpc) is 3.16. The maximum absolute atomic E-state index is 13.9. The predicted molar refractivity (Wildman–Crippen MR) is 116 cm³/mol. The van der Waals surface area contributed by atoms with Crippen molar-refractivity contribution >= 4 is 35.1 Å². The summed E-state index contributed by atoms with van der Waals surface area (Å²) in [5.74, 6) is -0.281. The van der Waals surface area contributed by atoms with Gasteiger partial charge in [-0.05, 0) is 35.9 Å². The number of halogens is 2. The highest BCUT2D eigenvalue weighted by molar-refractivity contribution is 6.30. The van der Waals surface area contributed by atoms with E-state index in [-0.39, 0.29) is 11.8 Å². The topological polar surface area (TPSA) is 38.8 Å². The van der Waals surface area contributed by atoms with Gasteiger partial charge in [-0.2, -0.15) is 0 Å². The average molecular weight is 415 g/mol. The first-order valence-electron chi connectivity index (χ1n) is 9.84. The molecule has 0 radical (unpaired) electrons. The van der Waals surface area contributed by atoms with Crippen molar-refractivity contribution in [3.8, 4) is 0 Å². The van der Waals surface area contributed by atoms with Crippen LogP contribution in [-0.4, -0.2) is 56.7 Å². The fourth-order valence-corrected chi connectivity index (χ4v) is 3.89. The fraction of sp³-hybridized carbons (Fsp3) is 0.318. The fourth-order valence-electron chi connectivity index (χ4n) is 3.76. The first-order valence-corrected chi connectivity index (χ1v) is 10.2. The number of carbonyl (C=O) groups is 1. The summed E-state index contributed by atoms with van der Waals surface area (Å²) in [6.45, 7) is 5.43. The molecule has 2 fully saturated rings. The van der Waals surface area contributed by atoms with Gasteiger partial charge in [0.2, 0.25) is 0 Å². The van der Waals surface area contributed by atoms with E-state index in [4.69, 9.17) is 11.6 Å². The Bertz CT molecular complexity index is 894. The molecule has 0 bridgehead atoms. The first-order chi connectivity index (χ1) is 14.1. The number of carbonyl (C=O) groups excluding carboxylic acids is 1. The molecule has 0 atom stereocenters. The number of piperazine rings is 1. The van der Waals surface area contributed by atoms with Crippen LogP contribution < -0.4 is 15.1 Å². The molecule has 2 aliphatic heterocycles. The van der Waals surface area contributed by atoms with Crippen LogP contribution in [0.4, 0.5) is 20.6 Å². The van der Waals surface area contributed by atoms with Crippen molar-refractivity contribution in [3.63, 3.8) is 0 Å². The third kappa shape index (κ3) is 4.71. The van der Waals surface area contributed by atoms with Gasteiger partial charge >= 0.3 is 6.03 Å². The molecule has 2 aromatic carbocycles. The second-order valence-corrected chi connectivity index (χ2v) is 7.69. The van der Waals surface area contributed by atoms with Gasteiger partial charge in [-0.25, -0.2) is 9.18 Å². The van der Waals surface area contributed by atoms with Crippen molar-refractivity contribution in [2.75, 3.05) is 55.6 Å². The molecule has 0 aliphatic carbocycles. The van der Waals surface area contributed by atoms with E-state index in [9.17, 15) is 9.18 Å². The number of rotatable bonds is 5. The predicted octanol–water partition coefficient (Wildman–Crippen LogP) is 3.84. The number of benzene rings is 2. The second-order valence-electron chi connectivity index (χ2n) is 7.26. The molecule has 2 aliphatic rings. The summed E-state index contributed by atoms with van der Waals surface area (Å²) in [7, 11) is 0. The van der Waals surface area contributed by atoms with Crippen molar-refractivity contribution in [1.29, 1.82) is 0 Å². The molecule has 0 spiro atoms. The van der Waals surface area contributed by atoms with Crippen LogP contribution in [0.15, 0.2) is 48.5 Å². The van der Waals surface area contributed by atoms with Crippen LogP contribution in [0, 0.1) is 5.82 Å². The van der Waals surface area contributed by atoms with Crippen LogP contribution in [-0.2, 0) is 0 Å². The van der Waals surface area contributed by atoms with E-state index in [1.165, 1.54) is 12.1 Å². The van der Waals surface area contributed by atoms with Crippen molar-refractivity contribution < 1.29 is 9.18 Å². The lowest BCUT2D eigenvalue weighted by molar-refractivity contribution is 0.252. The molecule has 5 nitrogen and oxygen atoms in total. The number of hydrogen-bond donors (Lipinski definition) is 1. The SMILES string of the molecule is O=C1NCCN1c1ccc(F)cc1N1CCN(CC=Cc2ccc(Cl)cc2)CC1. The molecule has 2 heterocycles. The van der Waals surface area contributed by atoms with Crippen molar-refractivity contribution in [1.82, 2.24) is 10.2 Å². The summed E-state index contributed by atoms with van der Waals surface area (Å²) in [4.78, 5) is 18.3. The molecular weight excluding hydrogens is 391 g/mol. The minimum Gasteiger partial charge on any atom is -0.367 e. The summed E-state index contributed by atoms with van der Waals surface area (Å²) in [6, 6.07) is 12.3. The van der Waals surface area contributed by atoms with E-state index in [1.54, 1.807) is 11.0 Å². The second kappa shape index (κ2) is 8.84. The van der Waals surface area contributed by atoms with Crippen molar-refractivity contribution in [3.05, 3.63) is 64.9 Å². The minimum atomic E-state index is -0.281. The highest BCUT2D eigenvalue weighted by atomic mass is 35.5.